The lowest BCUT2D eigenvalue weighted by molar-refractivity contribution is 0.100. The maximum atomic E-state index is 13.7. The first-order valence-corrected chi connectivity index (χ1v) is 7.92. The summed E-state index contributed by atoms with van der Waals surface area (Å²) >= 11 is 0. The van der Waals surface area contributed by atoms with Gasteiger partial charge in [-0.1, -0.05) is 72.8 Å². The lowest BCUT2D eigenvalue weighted by atomic mass is 9.79. The molecule has 0 aliphatic carbocycles. The Morgan fingerprint density at radius 2 is 1.20 bits per heavy atom. The molecule has 0 atom stereocenters. The molecule has 3 aromatic rings. The topological polar surface area (TPSA) is 38.7 Å². The summed E-state index contributed by atoms with van der Waals surface area (Å²) in [5.41, 5.74) is 0.816. The standard InChI is InChI=1S/C20H18BFO3/c1-24-19-14-12-18(13-15-19)20(25-21(22)23,16-8-4-2-5-9-16)17-10-6-3-7-11-17/h2-15,23H,1H3. The van der Waals surface area contributed by atoms with Crippen LogP contribution >= 0.6 is 0 Å². The molecule has 0 saturated carbocycles. The van der Waals surface area contributed by atoms with Crippen LogP contribution in [0.5, 0.6) is 5.75 Å². The fraction of sp³-hybridized carbons (Fsp3) is 0.100. The van der Waals surface area contributed by atoms with Gasteiger partial charge in [-0.05, 0) is 28.8 Å². The van der Waals surface area contributed by atoms with Gasteiger partial charge in [-0.15, -0.1) is 0 Å². The molecule has 25 heavy (non-hydrogen) atoms. The molecule has 1 N–H and O–H groups in total. The van der Waals surface area contributed by atoms with Crippen molar-refractivity contribution in [3.05, 3.63) is 102 Å². The van der Waals surface area contributed by atoms with Crippen molar-refractivity contribution in [3.63, 3.8) is 0 Å². The highest BCUT2D eigenvalue weighted by atomic mass is 19.1. The third-order valence-corrected chi connectivity index (χ3v) is 4.13. The first-order valence-electron chi connectivity index (χ1n) is 7.92. The molecule has 0 fully saturated rings. The number of rotatable bonds is 6. The number of methoxy groups -OCH3 is 1. The Kier molecular flexibility index (Phi) is 5.17. The van der Waals surface area contributed by atoms with E-state index in [0.29, 0.717) is 22.4 Å². The van der Waals surface area contributed by atoms with Crippen LogP contribution in [-0.4, -0.2) is 19.5 Å². The zero-order valence-electron chi connectivity index (χ0n) is 13.8. The molecule has 126 valence electrons. The van der Waals surface area contributed by atoms with E-state index in [-0.39, 0.29) is 0 Å². The number of halogens is 1. The van der Waals surface area contributed by atoms with E-state index in [9.17, 15) is 9.34 Å². The van der Waals surface area contributed by atoms with Crippen LogP contribution in [0.3, 0.4) is 0 Å². The van der Waals surface area contributed by atoms with Crippen LogP contribution in [0.25, 0.3) is 0 Å². The summed E-state index contributed by atoms with van der Waals surface area (Å²) in [6.45, 7) is 0. The normalized spacial score (nSPS) is 11.2. The number of hydrogen-bond acceptors (Lipinski definition) is 3. The third kappa shape index (κ3) is 3.43. The monoisotopic (exact) mass is 336 g/mol. The fourth-order valence-corrected chi connectivity index (χ4v) is 3.02. The molecule has 0 aromatic heterocycles. The highest BCUT2D eigenvalue weighted by Gasteiger charge is 2.41. The molecule has 0 saturated heterocycles. The molecule has 0 unspecified atom stereocenters. The van der Waals surface area contributed by atoms with E-state index < -0.39 is 13.0 Å². The first kappa shape index (κ1) is 17.2. The Morgan fingerprint density at radius 1 is 0.760 bits per heavy atom. The summed E-state index contributed by atoms with van der Waals surface area (Å²) in [6, 6.07) is 25.7. The summed E-state index contributed by atoms with van der Waals surface area (Å²) < 4.78 is 24.4. The van der Waals surface area contributed by atoms with Crippen molar-refractivity contribution in [1.82, 2.24) is 0 Å². The zero-order chi connectivity index (χ0) is 17.7. The van der Waals surface area contributed by atoms with Gasteiger partial charge in [0.15, 0.2) is 0 Å². The number of hydrogen-bond donors (Lipinski definition) is 1. The third-order valence-electron chi connectivity index (χ3n) is 4.13. The van der Waals surface area contributed by atoms with Crippen molar-refractivity contribution < 1.29 is 18.7 Å². The Balaban J connectivity index is 2.27. The van der Waals surface area contributed by atoms with Crippen molar-refractivity contribution in [3.8, 4) is 5.75 Å². The van der Waals surface area contributed by atoms with Crippen molar-refractivity contribution in [2.24, 2.45) is 0 Å². The Hall–Kier alpha value is -2.63. The Morgan fingerprint density at radius 3 is 1.60 bits per heavy atom. The van der Waals surface area contributed by atoms with Gasteiger partial charge in [-0.25, -0.2) is 0 Å². The van der Waals surface area contributed by atoms with E-state index in [0.717, 1.165) is 0 Å². The minimum Gasteiger partial charge on any atom is -0.497 e. The lowest BCUT2D eigenvalue weighted by Crippen LogP contribution is -2.37. The average Bonchev–Trinajstić information content (AvgIpc) is 2.67. The van der Waals surface area contributed by atoms with Gasteiger partial charge in [0.1, 0.15) is 11.4 Å². The van der Waals surface area contributed by atoms with Crippen LogP contribution in [0.4, 0.5) is 4.32 Å². The zero-order valence-corrected chi connectivity index (χ0v) is 13.8. The summed E-state index contributed by atoms with van der Waals surface area (Å²) in [6.07, 6.45) is 0. The summed E-state index contributed by atoms with van der Waals surface area (Å²) in [5.74, 6) is 0.680. The minimum atomic E-state index is -2.44. The molecule has 3 nitrogen and oxygen atoms in total. The molecule has 0 amide bonds. The summed E-state index contributed by atoms with van der Waals surface area (Å²) in [5, 5.41) is 9.46. The smallest absolute Gasteiger partial charge is 0.497 e. The lowest BCUT2D eigenvalue weighted by Gasteiger charge is -2.35. The molecule has 0 bridgehead atoms. The van der Waals surface area contributed by atoms with Crippen molar-refractivity contribution in [2.45, 2.75) is 5.60 Å². The molecule has 3 rings (SSSR count). The quantitative estimate of drug-likeness (QED) is 0.547. The van der Waals surface area contributed by atoms with Gasteiger partial charge in [-0.2, -0.15) is 0 Å². The van der Waals surface area contributed by atoms with Crippen LogP contribution in [0, 0.1) is 0 Å². The first-order chi connectivity index (χ1) is 12.2. The maximum Gasteiger partial charge on any atom is 0.678 e. The summed E-state index contributed by atoms with van der Waals surface area (Å²) in [7, 11) is -0.860. The van der Waals surface area contributed by atoms with Gasteiger partial charge in [-0.3, -0.25) is 4.32 Å². The van der Waals surface area contributed by atoms with E-state index in [4.69, 9.17) is 9.39 Å². The van der Waals surface area contributed by atoms with E-state index in [1.165, 1.54) is 0 Å². The van der Waals surface area contributed by atoms with Crippen molar-refractivity contribution in [2.75, 3.05) is 7.11 Å². The van der Waals surface area contributed by atoms with Crippen LogP contribution in [0.1, 0.15) is 16.7 Å². The second-order valence-electron chi connectivity index (χ2n) is 5.55. The van der Waals surface area contributed by atoms with Gasteiger partial charge in [0.2, 0.25) is 0 Å². The predicted molar refractivity (Wildman–Crippen MR) is 95.9 cm³/mol. The molecular formula is C20H18BFO3. The average molecular weight is 336 g/mol. The second-order valence-corrected chi connectivity index (χ2v) is 5.55. The largest absolute Gasteiger partial charge is 0.678 e. The van der Waals surface area contributed by atoms with E-state index >= 15 is 0 Å². The van der Waals surface area contributed by atoms with Gasteiger partial charge >= 0.3 is 7.40 Å². The Bertz CT molecular complexity index is 753. The van der Waals surface area contributed by atoms with E-state index in [1.807, 2.05) is 60.7 Å². The van der Waals surface area contributed by atoms with Crippen LogP contribution < -0.4 is 4.74 Å². The van der Waals surface area contributed by atoms with Gasteiger partial charge in [0.05, 0.1) is 7.11 Å². The van der Waals surface area contributed by atoms with E-state index in [1.54, 1.807) is 31.4 Å². The van der Waals surface area contributed by atoms with Gasteiger partial charge in [0.25, 0.3) is 0 Å². The number of ether oxygens (including phenoxy) is 1. The molecular weight excluding hydrogens is 318 g/mol. The highest BCUT2D eigenvalue weighted by molar-refractivity contribution is 6.33. The Labute approximate surface area is 146 Å². The second kappa shape index (κ2) is 7.51. The molecule has 3 aromatic carbocycles. The minimum absolute atomic E-state index is 0.680. The molecule has 0 aliphatic heterocycles. The molecule has 0 spiro atoms. The predicted octanol–water partition coefficient (Wildman–Crippen LogP) is 3.95. The molecule has 0 heterocycles. The van der Waals surface area contributed by atoms with Gasteiger partial charge in [0, 0.05) is 0 Å². The van der Waals surface area contributed by atoms with Crippen LogP contribution in [-0.2, 0) is 10.3 Å². The fourth-order valence-electron chi connectivity index (χ4n) is 3.02. The molecule has 0 radical (unpaired) electrons. The van der Waals surface area contributed by atoms with Crippen molar-refractivity contribution >= 4 is 7.40 Å². The maximum absolute atomic E-state index is 13.7. The molecule has 0 aliphatic rings. The molecule has 5 heteroatoms. The number of benzene rings is 3. The summed E-state index contributed by atoms with van der Waals surface area (Å²) in [4.78, 5) is 0. The SMILES string of the molecule is COc1ccc(C(OB(O)F)(c2ccccc2)c2ccccc2)cc1. The highest BCUT2D eigenvalue weighted by Crippen LogP contribution is 2.41. The van der Waals surface area contributed by atoms with Crippen LogP contribution in [0.15, 0.2) is 84.9 Å². The van der Waals surface area contributed by atoms with Gasteiger partial charge < -0.3 is 14.4 Å². The van der Waals surface area contributed by atoms with Crippen LogP contribution in [0.2, 0.25) is 0 Å². The van der Waals surface area contributed by atoms with Crippen molar-refractivity contribution in [1.29, 1.82) is 0 Å². The van der Waals surface area contributed by atoms with E-state index in [2.05, 4.69) is 0 Å².